The summed E-state index contributed by atoms with van der Waals surface area (Å²) < 4.78 is 6.33. The number of nitrogens with one attached hydrogen (secondary N) is 1. The van der Waals surface area contributed by atoms with Crippen LogP contribution in [0.4, 0.5) is 11.5 Å². The maximum absolute atomic E-state index is 12.4. The molecule has 21 heavy (non-hydrogen) atoms. The molecule has 2 rings (SSSR count). The highest BCUT2D eigenvalue weighted by Crippen LogP contribution is 2.26. The Kier molecular flexibility index (Phi) is 4.80. The fraction of sp³-hybridized carbons (Fsp3) is 0.200. The third-order valence-electron chi connectivity index (χ3n) is 2.85. The van der Waals surface area contributed by atoms with Crippen LogP contribution in [0.1, 0.15) is 23.0 Å². The highest BCUT2D eigenvalue weighted by molar-refractivity contribution is 9.10. The normalized spacial score (nSPS) is 10.2. The van der Waals surface area contributed by atoms with Gasteiger partial charge >= 0.3 is 0 Å². The predicted octanol–water partition coefficient (Wildman–Crippen LogP) is 3.39. The van der Waals surface area contributed by atoms with E-state index in [9.17, 15) is 4.79 Å². The number of hydrogen-bond acceptors (Lipinski definition) is 4. The van der Waals surface area contributed by atoms with Crippen LogP contribution in [0.5, 0.6) is 5.75 Å². The zero-order valence-electron chi connectivity index (χ0n) is 11.8. The van der Waals surface area contributed by atoms with Gasteiger partial charge in [-0.2, -0.15) is 0 Å². The summed E-state index contributed by atoms with van der Waals surface area (Å²) in [4.78, 5) is 16.7. The third-order valence-corrected chi connectivity index (χ3v) is 3.69. The van der Waals surface area contributed by atoms with E-state index >= 15 is 0 Å². The van der Waals surface area contributed by atoms with Crippen molar-refractivity contribution in [3.63, 3.8) is 0 Å². The van der Waals surface area contributed by atoms with Gasteiger partial charge in [0.15, 0.2) is 0 Å². The van der Waals surface area contributed by atoms with Crippen LogP contribution in [-0.4, -0.2) is 17.5 Å². The number of nitrogen functional groups attached to an aromatic ring is 1. The van der Waals surface area contributed by atoms with Gasteiger partial charge in [0.05, 0.1) is 12.3 Å². The van der Waals surface area contributed by atoms with Gasteiger partial charge in [0.25, 0.3) is 5.91 Å². The zero-order chi connectivity index (χ0) is 15.4. The first kappa shape index (κ1) is 15.3. The maximum atomic E-state index is 12.4. The summed E-state index contributed by atoms with van der Waals surface area (Å²) in [5.41, 5.74) is 7.37. The number of hydrogen-bond donors (Lipinski definition) is 2. The highest BCUT2D eigenvalue weighted by atomic mass is 79.9. The first-order chi connectivity index (χ1) is 10.0. The fourth-order valence-electron chi connectivity index (χ4n) is 1.86. The van der Waals surface area contributed by atoms with Crippen LogP contribution < -0.4 is 15.8 Å². The first-order valence-corrected chi connectivity index (χ1v) is 7.28. The second-order valence-electron chi connectivity index (χ2n) is 4.37. The molecule has 0 bridgehead atoms. The number of rotatable bonds is 4. The summed E-state index contributed by atoms with van der Waals surface area (Å²) in [7, 11) is 0. The lowest BCUT2D eigenvalue weighted by Crippen LogP contribution is -2.16. The third kappa shape index (κ3) is 3.52. The van der Waals surface area contributed by atoms with Crippen molar-refractivity contribution in [3.8, 4) is 5.75 Å². The van der Waals surface area contributed by atoms with Crippen molar-refractivity contribution in [2.24, 2.45) is 0 Å². The van der Waals surface area contributed by atoms with Gasteiger partial charge in [0.2, 0.25) is 0 Å². The second kappa shape index (κ2) is 6.58. The summed E-state index contributed by atoms with van der Waals surface area (Å²) in [6.07, 6.45) is 0. The van der Waals surface area contributed by atoms with Gasteiger partial charge in [0.1, 0.15) is 17.1 Å². The lowest BCUT2D eigenvalue weighted by Gasteiger charge is -2.12. The van der Waals surface area contributed by atoms with Gasteiger partial charge in [-0.25, -0.2) is 4.98 Å². The number of carbonyl (C=O) groups is 1. The quantitative estimate of drug-likeness (QED) is 0.829. The summed E-state index contributed by atoms with van der Waals surface area (Å²) in [6, 6.07) is 8.68. The number of benzene rings is 1. The van der Waals surface area contributed by atoms with Crippen molar-refractivity contribution in [1.29, 1.82) is 0 Å². The summed E-state index contributed by atoms with van der Waals surface area (Å²) in [5.74, 6) is 0.584. The second-order valence-corrected chi connectivity index (χ2v) is 5.23. The van der Waals surface area contributed by atoms with Crippen LogP contribution in [0.25, 0.3) is 0 Å². The van der Waals surface area contributed by atoms with Crippen molar-refractivity contribution in [2.75, 3.05) is 17.7 Å². The Morgan fingerprint density at radius 1 is 1.38 bits per heavy atom. The molecule has 0 saturated heterocycles. The smallest absolute Gasteiger partial charge is 0.262 e. The van der Waals surface area contributed by atoms with E-state index in [4.69, 9.17) is 10.5 Å². The van der Waals surface area contributed by atoms with E-state index in [1.54, 1.807) is 24.3 Å². The Morgan fingerprint density at radius 2 is 2.14 bits per heavy atom. The molecule has 1 aromatic carbocycles. The molecule has 0 aliphatic carbocycles. The van der Waals surface area contributed by atoms with Crippen LogP contribution in [0.3, 0.4) is 0 Å². The highest BCUT2D eigenvalue weighted by Gasteiger charge is 2.16. The first-order valence-electron chi connectivity index (χ1n) is 6.48. The Bertz CT molecular complexity index is 674. The minimum atomic E-state index is -0.342. The number of halogens is 1. The fourth-order valence-corrected chi connectivity index (χ4v) is 2.08. The molecule has 0 spiro atoms. The van der Waals surface area contributed by atoms with Crippen LogP contribution in [0.2, 0.25) is 0 Å². The van der Waals surface area contributed by atoms with E-state index < -0.39 is 0 Å². The lowest BCUT2D eigenvalue weighted by atomic mass is 10.1. The minimum absolute atomic E-state index is 0.321. The van der Waals surface area contributed by atoms with Crippen LogP contribution >= 0.6 is 15.9 Å². The van der Waals surface area contributed by atoms with E-state index in [1.807, 2.05) is 19.9 Å². The minimum Gasteiger partial charge on any atom is -0.493 e. The molecule has 0 aliphatic rings. The van der Waals surface area contributed by atoms with E-state index in [1.165, 1.54) is 0 Å². The molecule has 0 atom stereocenters. The number of pyridine rings is 1. The van der Waals surface area contributed by atoms with Gasteiger partial charge in [-0.05, 0) is 54.0 Å². The topological polar surface area (TPSA) is 77.2 Å². The van der Waals surface area contributed by atoms with Gasteiger partial charge < -0.3 is 15.8 Å². The molecule has 110 valence electrons. The van der Waals surface area contributed by atoms with Gasteiger partial charge in [-0.15, -0.1) is 0 Å². The van der Waals surface area contributed by atoms with E-state index in [0.717, 1.165) is 10.2 Å². The number of ether oxygens (including phenoxy) is 1. The molecule has 5 nitrogen and oxygen atoms in total. The number of anilines is 2. The number of aryl methyl sites for hydroxylation is 1. The van der Waals surface area contributed by atoms with E-state index in [2.05, 4.69) is 26.2 Å². The largest absolute Gasteiger partial charge is 0.493 e. The molecule has 6 heteroatoms. The monoisotopic (exact) mass is 349 g/mol. The molecule has 0 saturated carbocycles. The lowest BCUT2D eigenvalue weighted by molar-refractivity contribution is 0.102. The summed E-state index contributed by atoms with van der Waals surface area (Å²) >= 11 is 3.37. The van der Waals surface area contributed by atoms with Crippen molar-refractivity contribution >= 4 is 33.3 Å². The number of aromatic nitrogens is 1. The summed E-state index contributed by atoms with van der Waals surface area (Å²) in [5, 5.41) is 2.74. The van der Waals surface area contributed by atoms with Gasteiger partial charge in [-0.3, -0.25) is 4.79 Å². The van der Waals surface area contributed by atoms with Gasteiger partial charge in [-0.1, -0.05) is 6.07 Å². The molecule has 1 heterocycles. The molecule has 3 N–H and O–H groups in total. The Morgan fingerprint density at radius 3 is 2.81 bits per heavy atom. The van der Waals surface area contributed by atoms with Crippen molar-refractivity contribution in [3.05, 3.63) is 46.1 Å². The van der Waals surface area contributed by atoms with E-state index in [-0.39, 0.29) is 5.91 Å². The number of amides is 1. The zero-order valence-corrected chi connectivity index (χ0v) is 13.4. The standard InChI is InChI=1S/C15H16BrN3O2/c1-3-21-12-6-4-5-11(17)14(12)15(20)19-13-8-7-10(16)9(2)18-13/h4-8H,3,17H2,1-2H3,(H,18,19,20). The number of nitrogens with zero attached hydrogens (tertiary/aromatic N) is 1. The molecule has 1 aromatic heterocycles. The van der Waals surface area contributed by atoms with Crippen LogP contribution in [-0.2, 0) is 0 Å². The number of nitrogens with two attached hydrogens (primary N) is 1. The number of carbonyl (C=O) groups excluding carboxylic acids is 1. The molecule has 0 unspecified atom stereocenters. The Balaban J connectivity index is 2.29. The average Bonchev–Trinajstić information content (AvgIpc) is 2.43. The predicted molar refractivity (Wildman–Crippen MR) is 86.7 cm³/mol. The Labute approximate surface area is 131 Å². The molecular formula is C15H16BrN3O2. The van der Waals surface area contributed by atoms with Crippen molar-refractivity contribution < 1.29 is 9.53 Å². The van der Waals surface area contributed by atoms with Crippen molar-refractivity contribution in [1.82, 2.24) is 4.98 Å². The molecular weight excluding hydrogens is 334 g/mol. The summed E-state index contributed by atoms with van der Waals surface area (Å²) in [6.45, 7) is 4.16. The molecule has 1 amide bonds. The Hall–Kier alpha value is -2.08. The maximum Gasteiger partial charge on any atom is 0.262 e. The van der Waals surface area contributed by atoms with Crippen LogP contribution in [0.15, 0.2) is 34.8 Å². The molecule has 0 radical (unpaired) electrons. The van der Waals surface area contributed by atoms with Crippen molar-refractivity contribution in [2.45, 2.75) is 13.8 Å². The average molecular weight is 350 g/mol. The molecule has 0 aliphatic heterocycles. The molecule has 2 aromatic rings. The molecule has 0 fully saturated rings. The SMILES string of the molecule is CCOc1cccc(N)c1C(=O)Nc1ccc(Br)c(C)n1. The van der Waals surface area contributed by atoms with E-state index in [0.29, 0.717) is 29.4 Å². The van der Waals surface area contributed by atoms with Crippen LogP contribution in [0, 0.1) is 6.92 Å². The van der Waals surface area contributed by atoms with Gasteiger partial charge in [0, 0.05) is 10.2 Å².